The maximum atomic E-state index is 6.13. The van der Waals surface area contributed by atoms with Crippen molar-refractivity contribution in [1.29, 1.82) is 0 Å². The molecule has 96 valence electrons. The van der Waals surface area contributed by atoms with Crippen LogP contribution in [0.3, 0.4) is 0 Å². The number of fused-ring (bicyclic) bond motifs is 1. The lowest BCUT2D eigenvalue weighted by Gasteiger charge is -2.07. The molecule has 0 amide bonds. The Bertz CT molecular complexity index is 739. The van der Waals surface area contributed by atoms with Crippen molar-refractivity contribution in [3.8, 4) is 0 Å². The lowest BCUT2D eigenvalue weighted by Crippen LogP contribution is -2.03. The van der Waals surface area contributed by atoms with Gasteiger partial charge in [-0.2, -0.15) is 23.7 Å². The normalized spacial score (nSPS) is 10.8. The molecule has 0 saturated carbocycles. The molecule has 0 bridgehead atoms. The van der Waals surface area contributed by atoms with Gasteiger partial charge in [-0.05, 0) is 23.7 Å². The van der Waals surface area contributed by atoms with Gasteiger partial charge in [0.15, 0.2) is 0 Å². The number of hydrogen-bond acceptors (Lipinski definition) is 8. The van der Waals surface area contributed by atoms with Gasteiger partial charge in [0.05, 0.1) is 22.4 Å². The Labute approximate surface area is 121 Å². The molecule has 0 radical (unpaired) electrons. The highest BCUT2D eigenvalue weighted by Crippen LogP contribution is 2.31. The first-order chi connectivity index (χ1) is 9.13. The zero-order valence-corrected chi connectivity index (χ0v) is 11.5. The number of halogens is 2. The topological polar surface area (TPSA) is 102 Å². The number of benzene rings is 1. The summed E-state index contributed by atoms with van der Waals surface area (Å²) in [5.41, 5.74) is 7.41. The highest BCUT2D eigenvalue weighted by atomic mass is 35.5. The molecule has 2 aromatic heterocycles. The lowest BCUT2D eigenvalue weighted by atomic mass is 10.2. The molecule has 0 aliphatic heterocycles. The van der Waals surface area contributed by atoms with Crippen LogP contribution < -0.4 is 11.1 Å². The van der Waals surface area contributed by atoms with E-state index in [9.17, 15) is 0 Å². The quantitative estimate of drug-likeness (QED) is 0.749. The van der Waals surface area contributed by atoms with Crippen molar-refractivity contribution in [2.45, 2.75) is 0 Å². The maximum absolute atomic E-state index is 6.13. The largest absolute Gasteiger partial charge is 0.368 e. The van der Waals surface area contributed by atoms with Gasteiger partial charge in [0, 0.05) is 0 Å². The fourth-order valence-electron chi connectivity index (χ4n) is 1.48. The van der Waals surface area contributed by atoms with Gasteiger partial charge in [0.2, 0.25) is 17.2 Å². The van der Waals surface area contributed by atoms with Crippen LogP contribution >= 0.6 is 34.9 Å². The molecule has 0 fully saturated rings. The maximum Gasteiger partial charge on any atom is 0.233 e. The molecule has 0 unspecified atom stereocenters. The number of nitrogen functional groups attached to an aromatic ring is 1. The van der Waals surface area contributed by atoms with Crippen LogP contribution in [0.15, 0.2) is 12.1 Å². The van der Waals surface area contributed by atoms with Gasteiger partial charge in [-0.3, -0.25) is 0 Å². The predicted molar refractivity (Wildman–Crippen MR) is 75.0 cm³/mol. The van der Waals surface area contributed by atoms with Crippen molar-refractivity contribution in [3.05, 3.63) is 22.4 Å². The average Bonchev–Trinajstić information content (AvgIpc) is 2.80. The molecule has 2 heterocycles. The minimum Gasteiger partial charge on any atom is -0.368 e. The average molecular weight is 314 g/mol. The Balaban J connectivity index is 2.09. The van der Waals surface area contributed by atoms with Crippen molar-refractivity contribution in [1.82, 2.24) is 23.7 Å². The SMILES string of the molecule is Nc1nc(Cl)nc(Nc2c(Cl)ccc3nsnc23)n1. The summed E-state index contributed by atoms with van der Waals surface area (Å²) in [5.74, 6) is 0.210. The molecular weight excluding hydrogens is 309 g/mol. The molecule has 19 heavy (non-hydrogen) atoms. The van der Waals surface area contributed by atoms with E-state index in [4.69, 9.17) is 28.9 Å². The summed E-state index contributed by atoms with van der Waals surface area (Å²) in [6.07, 6.45) is 0. The molecule has 0 aliphatic carbocycles. The number of aromatic nitrogens is 5. The van der Waals surface area contributed by atoms with E-state index >= 15 is 0 Å². The number of nitrogens with two attached hydrogens (primary N) is 1. The zero-order chi connectivity index (χ0) is 13.4. The molecule has 10 heteroatoms. The molecule has 1 aromatic carbocycles. The van der Waals surface area contributed by atoms with Crippen LogP contribution in [-0.4, -0.2) is 23.7 Å². The molecule has 7 nitrogen and oxygen atoms in total. The highest BCUT2D eigenvalue weighted by Gasteiger charge is 2.12. The number of rotatable bonds is 2. The second-order valence-electron chi connectivity index (χ2n) is 3.47. The van der Waals surface area contributed by atoms with Gasteiger partial charge in [-0.1, -0.05) is 11.6 Å². The van der Waals surface area contributed by atoms with E-state index in [1.165, 1.54) is 0 Å². The lowest BCUT2D eigenvalue weighted by molar-refractivity contribution is 1.07. The van der Waals surface area contributed by atoms with Crippen molar-refractivity contribution in [2.75, 3.05) is 11.1 Å². The molecule has 0 aliphatic rings. The monoisotopic (exact) mass is 313 g/mol. The number of nitrogens with zero attached hydrogens (tertiary/aromatic N) is 5. The Hall–Kier alpha value is -1.77. The van der Waals surface area contributed by atoms with E-state index in [0.29, 0.717) is 16.2 Å². The van der Waals surface area contributed by atoms with Crippen LogP contribution in [-0.2, 0) is 0 Å². The van der Waals surface area contributed by atoms with Crippen LogP contribution in [0.1, 0.15) is 0 Å². The smallest absolute Gasteiger partial charge is 0.233 e. The minimum absolute atomic E-state index is 0.00491. The molecule has 0 saturated heterocycles. The third kappa shape index (κ3) is 2.37. The summed E-state index contributed by atoms with van der Waals surface area (Å²) in [6, 6.07) is 3.49. The van der Waals surface area contributed by atoms with Gasteiger partial charge in [-0.25, -0.2) is 0 Å². The van der Waals surface area contributed by atoms with Gasteiger partial charge in [-0.15, -0.1) is 0 Å². The predicted octanol–water partition coefficient (Wildman–Crippen LogP) is 2.51. The summed E-state index contributed by atoms with van der Waals surface area (Å²) in [5, 5.41) is 3.39. The Morgan fingerprint density at radius 2 is 1.95 bits per heavy atom. The highest BCUT2D eigenvalue weighted by molar-refractivity contribution is 7.00. The van der Waals surface area contributed by atoms with Gasteiger partial charge in [0.1, 0.15) is 11.0 Å². The third-order valence-electron chi connectivity index (χ3n) is 2.24. The molecule has 0 atom stereocenters. The van der Waals surface area contributed by atoms with E-state index in [2.05, 4.69) is 29.0 Å². The van der Waals surface area contributed by atoms with Crippen LogP contribution in [0.4, 0.5) is 17.6 Å². The zero-order valence-electron chi connectivity index (χ0n) is 9.13. The van der Waals surface area contributed by atoms with Gasteiger partial charge < -0.3 is 11.1 Å². The summed E-state index contributed by atoms with van der Waals surface area (Å²) in [7, 11) is 0. The second-order valence-corrected chi connectivity index (χ2v) is 4.74. The van der Waals surface area contributed by atoms with E-state index < -0.39 is 0 Å². The van der Waals surface area contributed by atoms with Crippen LogP contribution in [0.25, 0.3) is 11.0 Å². The Morgan fingerprint density at radius 1 is 1.11 bits per heavy atom. The fraction of sp³-hybridized carbons (Fsp3) is 0. The molecule has 3 aromatic rings. The Kier molecular flexibility index (Phi) is 3.05. The van der Waals surface area contributed by atoms with E-state index in [1.54, 1.807) is 12.1 Å². The van der Waals surface area contributed by atoms with Crippen LogP contribution in [0.2, 0.25) is 10.3 Å². The van der Waals surface area contributed by atoms with E-state index in [-0.39, 0.29) is 17.2 Å². The van der Waals surface area contributed by atoms with E-state index in [0.717, 1.165) is 17.2 Å². The fourth-order valence-corrected chi connectivity index (χ4v) is 2.39. The first-order valence-corrected chi connectivity index (χ1v) is 6.47. The molecule has 3 N–H and O–H groups in total. The summed E-state index contributed by atoms with van der Waals surface area (Å²) >= 11 is 12.9. The van der Waals surface area contributed by atoms with Crippen molar-refractivity contribution >= 4 is 63.5 Å². The van der Waals surface area contributed by atoms with Gasteiger partial charge in [0.25, 0.3) is 0 Å². The van der Waals surface area contributed by atoms with Crippen molar-refractivity contribution < 1.29 is 0 Å². The third-order valence-corrected chi connectivity index (χ3v) is 3.27. The standard InChI is InChI=1S/C9H5Cl2N7S/c10-3-1-2-4-6(18-19-17-4)5(3)13-9-15-7(11)14-8(12)16-9/h1-2H,(H3,12,13,14,15,16). The van der Waals surface area contributed by atoms with Gasteiger partial charge >= 0.3 is 0 Å². The number of nitrogens with one attached hydrogen (secondary N) is 1. The summed E-state index contributed by atoms with van der Waals surface area (Å²) in [4.78, 5) is 11.5. The number of anilines is 3. The second kappa shape index (κ2) is 4.72. The molecule has 0 spiro atoms. The first kappa shape index (κ1) is 12.3. The van der Waals surface area contributed by atoms with E-state index in [1.807, 2.05) is 0 Å². The Morgan fingerprint density at radius 3 is 2.74 bits per heavy atom. The number of hydrogen-bond donors (Lipinski definition) is 2. The molecular formula is C9H5Cl2N7S. The summed E-state index contributed by atoms with van der Waals surface area (Å²) in [6.45, 7) is 0. The van der Waals surface area contributed by atoms with Crippen molar-refractivity contribution in [3.63, 3.8) is 0 Å². The van der Waals surface area contributed by atoms with Crippen LogP contribution in [0.5, 0.6) is 0 Å². The van der Waals surface area contributed by atoms with Crippen molar-refractivity contribution in [2.24, 2.45) is 0 Å². The first-order valence-electron chi connectivity index (χ1n) is 4.98. The molecule has 3 rings (SSSR count). The minimum atomic E-state index is -0.00491. The summed E-state index contributed by atoms with van der Waals surface area (Å²) < 4.78 is 8.29. The van der Waals surface area contributed by atoms with Crippen LogP contribution in [0, 0.1) is 0 Å².